The van der Waals surface area contributed by atoms with Crippen LogP contribution in [0.4, 0.5) is 0 Å². The Labute approximate surface area is 108 Å². The van der Waals surface area contributed by atoms with Gasteiger partial charge in [0.2, 0.25) is 0 Å². The number of aliphatic hydroxyl groups excluding tert-OH is 1. The minimum Gasteiger partial charge on any atom is -0.388 e. The van der Waals surface area contributed by atoms with Crippen molar-refractivity contribution in [1.29, 1.82) is 0 Å². The van der Waals surface area contributed by atoms with E-state index in [1.807, 2.05) is 20.8 Å². The molecule has 7 heteroatoms. The first kappa shape index (κ1) is 15.1. The van der Waals surface area contributed by atoms with Crippen LogP contribution in [-0.4, -0.2) is 23.3 Å². The van der Waals surface area contributed by atoms with E-state index in [1.54, 1.807) is 14.0 Å². The van der Waals surface area contributed by atoms with Crippen LogP contribution in [0.1, 0.15) is 51.5 Å². The minimum atomic E-state index is -3.94. The van der Waals surface area contributed by atoms with Gasteiger partial charge in [0, 0.05) is 18.0 Å². The smallest absolute Gasteiger partial charge is 0.257 e. The highest BCUT2D eigenvalue weighted by atomic mass is 32.2. The summed E-state index contributed by atoms with van der Waals surface area (Å²) >= 11 is 0. The molecular weight excluding hydrogens is 254 g/mol. The summed E-state index contributed by atoms with van der Waals surface area (Å²) in [4.78, 5) is 0. The number of hydrogen-bond donors (Lipinski definition) is 2. The van der Waals surface area contributed by atoms with Gasteiger partial charge < -0.3 is 5.11 Å². The van der Waals surface area contributed by atoms with Crippen LogP contribution in [0, 0.1) is 0 Å². The zero-order chi connectivity index (χ0) is 14.3. The van der Waals surface area contributed by atoms with Crippen LogP contribution < -0.4 is 5.14 Å². The van der Waals surface area contributed by atoms with Gasteiger partial charge in [-0.15, -0.1) is 0 Å². The van der Waals surface area contributed by atoms with E-state index in [2.05, 4.69) is 5.10 Å². The van der Waals surface area contributed by atoms with Gasteiger partial charge in [0.05, 0.1) is 11.8 Å². The van der Waals surface area contributed by atoms with E-state index in [1.165, 1.54) is 4.68 Å². The molecule has 0 spiro atoms. The van der Waals surface area contributed by atoms with E-state index in [0.29, 0.717) is 17.7 Å². The zero-order valence-electron chi connectivity index (χ0n) is 11.4. The van der Waals surface area contributed by atoms with Crippen LogP contribution >= 0.6 is 0 Å². The van der Waals surface area contributed by atoms with E-state index in [9.17, 15) is 13.5 Å². The van der Waals surface area contributed by atoms with Crippen LogP contribution in [0.2, 0.25) is 0 Å². The normalized spacial score (nSPS) is 14.8. The molecule has 1 aromatic heterocycles. The molecule has 6 nitrogen and oxygen atoms in total. The standard InChI is InChI=1S/C11H21N3O3S/c1-6-7(15)8-9(11(2,3)4)14(5)13-10(8)18(12,16)17/h7,15H,6H2,1-5H3,(H2,12,16,17). The topological polar surface area (TPSA) is 98.2 Å². The summed E-state index contributed by atoms with van der Waals surface area (Å²) in [6.45, 7) is 7.57. The van der Waals surface area contributed by atoms with Gasteiger partial charge in [0.1, 0.15) is 0 Å². The molecule has 0 aliphatic rings. The average molecular weight is 275 g/mol. The van der Waals surface area contributed by atoms with Crippen molar-refractivity contribution in [3.05, 3.63) is 11.3 Å². The molecule has 0 radical (unpaired) electrons. The number of rotatable bonds is 3. The van der Waals surface area contributed by atoms with Crippen molar-refractivity contribution in [2.45, 2.75) is 50.7 Å². The Morgan fingerprint density at radius 2 is 1.94 bits per heavy atom. The molecule has 18 heavy (non-hydrogen) atoms. The number of nitrogens with two attached hydrogens (primary N) is 1. The molecule has 0 amide bonds. The summed E-state index contributed by atoms with van der Waals surface area (Å²) in [5.41, 5.74) is 0.659. The Morgan fingerprint density at radius 3 is 2.28 bits per heavy atom. The number of aliphatic hydroxyl groups is 1. The lowest BCUT2D eigenvalue weighted by atomic mass is 9.87. The van der Waals surface area contributed by atoms with Gasteiger partial charge in [-0.25, -0.2) is 13.6 Å². The second-order valence-corrected chi connectivity index (χ2v) is 6.89. The van der Waals surface area contributed by atoms with Crippen LogP contribution in [0.25, 0.3) is 0 Å². The van der Waals surface area contributed by atoms with Crippen LogP contribution in [0.3, 0.4) is 0 Å². The van der Waals surface area contributed by atoms with E-state index >= 15 is 0 Å². The molecule has 3 N–H and O–H groups in total. The third kappa shape index (κ3) is 2.73. The van der Waals surface area contributed by atoms with Crippen LogP contribution in [-0.2, 0) is 22.5 Å². The number of nitrogens with zero attached hydrogens (tertiary/aromatic N) is 2. The number of aryl methyl sites for hydroxylation is 1. The summed E-state index contributed by atoms with van der Waals surface area (Å²) in [5, 5.41) is 18.9. The Hall–Kier alpha value is -0.920. The van der Waals surface area contributed by atoms with E-state index < -0.39 is 16.1 Å². The van der Waals surface area contributed by atoms with E-state index in [-0.39, 0.29) is 10.4 Å². The lowest BCUT2D eigenvalue weighted by Gasteiger charge is -2.22. The fraction of sp³-hybridized carbons (Fsp3) is 0.727. The molecule has 0 aromatic carbocycles. The first-order valence-electron chi connectivity index (χ1n) is 5.78. The van der Waals surface area contributed by atoms with Gasteiger partial charge in [-0.1, -0.05) is 27.7 Å². The highest BCUT2D eigenvalue weighted by molar-refractivity contribution is 7.89. The number of aromatic nitrogens is 2. The van der Waals surface area contributed by atoms with Crippen molar-refractivity contribution in [2.24, 2.45) is 12.2 Å². The Balaban J connectivity index is 3.69. The van der Waals surface area contributed by atoms with Gasteiger partial charge in [-0.05, 0) is 6.42 Å². The highest BCUT2D eigenvalue weighted by Gasteiger charge is 2.33. The summed E-state index contributed by atoms with van der Waals surface area (Å²) in [7, 11) is -2.29. The summed E-state index contributed by atoms with van der Waals surface area (Å²) in [5.74, 6) is 0. The minimum absolute atomic E-state index is 0.232. The third-order valence-corrected chi connectivity index (χ3v) is 3.59. The number of sulfonamides is 1. The molecular formula is C11H21N3O3S. The van der Waals surface area contributed by atoms with Crippen LogP contribution in [0.15, 0.2) is 5.03 Å². The molecule has 1 rings (SSSR count). The first-order valence-corrected chi connectivity index (χ1v) is 7.33. The summed E-state index contributed by atoms with van der Waals surface area (Å²) in [6.07, 6.45) is -0.488. The summed E-state index contributed by atoms with van der Waals surface area (Å²) < 4.78 is 24.6. The van der Waals surface area contributed by atoms with E-state index in [4.69, 9.17) is 5.14 Å². The molecule has 1 atom stereocenters. The average Bonchev–Trinajstić information content (AvgIpc) is 2.53. The van der Waals surface area contributed by atoms with Gasteiger partial charge >= 0.3 is 0 Å². The molecule has 0 bridgehead atoms. The lowest BCUT2D eigenvalue weighted by Crippen LogP contribution is -2.20. The van der Waals surface area contributed by atoms with Crippen molar-refractivity contribution in [3.8, 4) is 0 Å². The maximum absolute atomic E-state index is 11.6. The highest BCUT2D eigenvalue weighted by Crippen LogP contribution is 2.34. The molecule has 1 heterocycles. The second kappa shape index (κ2) is 4.64. The molecule has 1 aromatic rings. The Morgan fingerprint density at radius 1 is 1.44 bits per heavy atom. The van der Waals surface area contributed by atoms with Gasteiger partial charge in [-0.3, -0.25) is 4.68 Å². The van der Waals surface area contributed by atoms with Crippen molar-refractivity contribution >= 4 is 10.0 Å². The fourth-order valence-corrected chi connectivity index (χ4v) is 2.90. The second-order valence-electron chi connectivity index (χ2n) is 5.41. The molecule has 0 aliphatic carbocycles. The lowest BCUT2D eigenvalue weighted by molar-refractivity contribution is 0.168. The Bertz CT molecular complexity index is 541. The molecule has 0 aliphatic heterocycles. The predicted molar refractivity (Wildman–Crippen MR) is 68.5 cm³/mol. The largest absolute Gasteiger partial charge is 0.388 e. The molecule has 0 fully saturated rings. The van der Waals surface area contributed by atoms with Gasteiger partial charge in [0.15, 0.2) is 5.03 Å². The summed E-state index contributed by atoms with van der Waals surface area (Å²) in [6, 6.07) is 0. The van der Waals surface area contributed by atoms with Gasteiger partial charge in [0.25, 0.3) is 10.0 Å². The first-order chi connectivity index (χ1) is 8.00. The maximum Gasteiger partial charge on any atom is 0.257 e. The molecule has 0 saturated heterocycles. The SMILES string of the molecule is CCC(O)c1c(S(N)(=O)=O)nn(C)c1C(C)(C)C. The quantitative estimate of drug-likeness (QED) is 0.852. The van der Waals surface area contributed by atoms with Crippen molar-refractivity contribution < 1.29 is 13.5 Å². The maximum atomic E-state index is 11.6. The number of hydrogen-bond acceptors (Lipinski definition) is 4. The van der Waals surface area contributed by atoms with Crippen molar-refractivity contribution in [2.75, 3.05) is 0 Å². The fourth-order valence-electron chi connectivity index (χ4n) is 2.12. The monoisotopic (exact) mass is 275 g/mol. The van der Waals surface area contributed by atoms with Crippen molar-refractivity contribution in [3.63, 3.8) is 0 Å². The van der Waals surface area contributed by atoms with E-state index in [0.717, 1.165) is 0 Å². The molecule has 0 saturated carbocycles. The predicted octanol–water partition coefficient (Wildman–Crippen LogP) is 0.808. The zero-order valence-corrected chi connectivity index (χ0v) is 12.2. The Kier molecular flexibility index (Phi) is 3.90. The van der Waals surface area contributed by atoms with Crippen molar-refractivity contribution in [1.82, 2.24) is 9.78 Å². The third-order valence-electron chi connectivity index (χ3n) is 2.75. The number of primary sulfonamides is 1. The molecule has 1 unspecified atom stereocenters. The van der Waals surface area contributed by atoms with Gasteiger partial charge in [-0.2, -0.15) is 5.10 Å². The molecule has 104 valence electrons. The van der Waals surface area contributed by atoms with Crippen LogP contribution in [0.5, 0.6) is 0 Å².